The molecular weight excluding hydrogens is 374 g/mol. The van der Waals surface area contributed by atoms with Crippen molar-refractivity contribution < 1.29 is 4.79 Å². The maximum atomic E-state index is 13.1. The number of aromatic amines is 1. The molecule has 0 aliphatic carbocycles. The number of anilines is 1. The fourth-order valence-corrected chi connectivity index (χ4v) is 3.50. The molecule has 0 bridgehead atoms. The standard InChI is InChI=1S/C24H25N5O/c1-15-9-5-6-10-17(15)19-14-13-18(23(28-19)29(3)4)24(30)25-16(2)22-26-20-11-7-8-12-21(20)27-22/h5-14,16H,1-4H3,(H,25,30)(H,26,27). The van der Waals surface area contributed by atoms with E-state index in [4.69, 9.17) is 4.98 Å². The quantitative estimate of drug-likeness (QED) is 0.519. The number of aromatic nitrogens is 3. The van der Waals surface area contributed by atoms with Crippen LogP contribution < -0.4 is 10.2 Å². The van der Waals surface area contributed by atoms with Crippen molar-refractivity contribution in [2.75, 3.05) is 19.0 Å². The highest BCUT2D eigenvalue weighted by Crippen LogP contribution is 2.26. The number of fused-ring (bicyclic) bond motifs is 1. The summed E-state index contributed by atoms with van der Waals surface area (Å²) in [5, 5.41) is 3.04. The third-order valence-corrected chi connectivity index (χ3v) is 5.13. The normalized spacial score (nSPS) is 12.0. The van der Waals surface area contributed by atoms with Crippen LogP contribution in [-0.4, -0.2) is 35.0 Å². The minimum absolute atomic E-state index is 0.185. The maximum absolute atomic E-state index is 13.1. The average molecular weight is 399 g/mol. The van der Waals surface area contributed by atoms with Gasteiger partial charge in [-0.1, -0.05) is 36.4 Å². The lowest BCUT2D eigenvalue weighted by atomic mass is 10.0. The predicted octanol–water partition coefficient (Wildman–Crippen LogP) is 4.49. The Morgan fingerprint density at radius 2 is 1.73 bits per heavy atom. The van der Waals surface area contributed by atoms with Crippen molar-refractivity contribution in [3.05, 3.63) is 77.6 Å². The Morgan fingerprint density at radius 3 is 2.47 bits per heavy atom. The first kappa shape index (κ1) is 19.6. The molecule has 4 aromatic rings. The van der Waals surface area contributed by atoms with Crippen LogP contribution in [0.3, 0.4) is 0 Å². The maximum Gasteiger partial charge on any atom is 0.255 e. The van der Waals surface area contributed by atoms with Crippen molar-refractivity contribution in [1.29, 1.82) is 0 Å². The van der Waals surface area contributed by atoms with Crippen molar-refractivity contribution >= 4 is 22.8 Å². The van der Waals surface area contributed by atoms with E-state index in [0.29, 0.717) is 11.4 Å². The highest BCUT2D eigenvalue weighted by molar-refractivity contribution is 5.99. The Bertz CT molecular complexity index is 1180. The van der Waals surface area contributed by atoms with Gasteiger partial charge in [0.25, 0.3) is 5.91 Å². The summed E-state index contributed by atoms with van der Waals surface area (Å²) in [6, 6.07) is 19.4. The molecule has 4 rings (SSSR count). The van der Waals surface area contributed by atoms with Gasteiger partial charge in [-0.05, 0) is 43.7 Å². The molecule has 30 heavy (non-hydrogen) atoms. The number of hydrogen-bond donors (Lipinski definition) is 2. The number of H-pyrrole nitrogens is 1. The van der Waals surface area contributed by atoms with Crippen molar-refractivity contribution in [2.45, 2.75) is 19.9 Å². The first-order chi connectivity index (χ1) is 14.4. The molecule has 2 aromatic carbocycles. The molecule has 0 aliphatic heterocycles. The van der Waals surface area contributed by atoms with Gasteiger partial charge in [0.1, 0.15) is 11.6 Å². The third kappa shape index (κ3) is 3.76. The zero-order chi connectivity index (χ0) is 21.3. The number of para-hydroxylation sites is 2. The molecule has 0 aliphatic rings. The van der Waals surface area contributed by atoms with Gasteiger partial charge >= 0.3 is 0 Å². The first-order valence-electron chi connectivity index (χ1n) is 9.94. The minimum atomic E-state index is -0.268. The lowest BCUT2D eigenvalue weighted by Crippen LogP contribution is -2.29. The lowest BCUT2D eigenvalue weighted by molar-refractivity contribution is 0.0938. The molecular formula is C24H25N5O. The van der Waals surface area contributed by atoms with Crippen molar-refractivity contribution in [1.82, 2.24) is 20.3 Å². The van der Waals surface area contributed by atoms with Crippen LogP contribution in [0.4, 0.5) is 5.82 Å². The molecule has 0 spiro atoms. The van der Waals surface area contributed by atoms with Crippen molar-refractivity contribution in [2.24, 2.45) is 0 Å². The Labute approximate surface area is 176 Å². The molecule has 1 atom stereocenters. The first-order valence-corrected chi connectivity index (χ1v) is 9.94. The highest BCUT2D eigenvalue weighted by Gasteiger charge is 2.20. The van der Waals surface area contributed by atoms with E-state index in [2.05, 4.69) is 28.3 Å². The molecule has 6 nitrogen and oxygen atoms in total. The molecule has 152 valence electrons. The van der Waals surface area contributed by atoms with E-state index in [1.54, 1.807) is 0 Å². The number of carbonyl (C=O) groups is 1. The topological polar surface area (TPSA) is 73.9 Å². The monoisotopic (exact) mass is 399 g/mol. The number of pyridine rings is 1. The number of imidazole rings is 1. The number of carbonyl (C=O) groups excluding carboxylic acids is 1. The van der Waals surface area contributed by atoms with E-state index in [1.165, 1.54) is 0 Å². The molecule has 0 fully saturated rings. The molecule has 2 heterocycles. The largest absolute Gasteiger partial charge is 0.362 e. The molecule has 1 unspecified atom stereocenters. The van der Waals surface area contributed by atoms with Crippen LogP contribution in [0.15, 0.2) is 60.7 Å². The van der Waals surface area contributed by atoms with E-state index >= 15 is 0 Å². The van der Waals surface area contributed by atoms with E-state index in [-0.39, 0.29) is 11.9 Å². The Hall–Kier alpha value is -3.67. The number of benzene rings is 2. The molecule has 2 N–H and O–H groups in total. The Morgan fingerprint density at radius 1 is 1.00 bits per heavy atom. The molecule has 2 aromatic heterocycles. The fourth-order valence-electron chi connectivity index (χ4n) is 3.50. The van der Waals surface area contributed by atoms with Gasteiger partial charge in [0.15, 0.2) is 0 Å². The van der Waals surface area contributed by atoms with Gasteiger partial charge in [-0.3, -0.25) is 4.79 Å². The van der Waals surface area contributed by atoms with Crippen LogP contribution in [0, 0.1) is 6.92 Å². The second-order valence-electron chi connectivity index (χ2n) is 7.61. The Balaban J connectivity index is 1.62. The molecule has 0 radical (unpaired) electrons. The summed E-state index contributed by atoms with van der Waals surface area (Å²) >= 11 is 0. The average Bonchev–Trinajstić information content (AvgIpc) is 3.18. The minimum Gasteiger partial charge on any atom is -0.362 e. The predicted molar refractivity (Wildman–Crippen MR) is 121 cm³/mol. The summed E-state index contributed by atoms with van der Waals surface area (Å²) in [7, 11) is 3.78. The summed E-state index contributed by atoms with van der Waals surface area (Å²) in [5.74, 6) is 1.17. The van der Waals surface area contributed by atoms with Crippen LogP contribution in [0.2, 0.25) is 0 Å². The molecule has 0 saturated carbocycles. The van der Waals surface area contributed by atoms with E-state index in [0.717, 1.165) is 33.7 Å². The van der Waals surface area contributed by atoms with Crippen LogP contribution in [0.5, 0.6) is 0 Å². The summed E-state index contributed by atoms with van der Waals surface area (Å²) in [6.45, 7) is 3.97. The molecule has 6 heteroatoms. The van der Waals surface area contributed by atoms with Crippen molar-refractivity contribution in [3.63, 3.8) is 0 Å². The van der Waals surface area contributed by atoms with Crippen LogP contribution in [0.25, 0.3) is 22.3 Å². The van der Waals surface area contributed by atoms with Gasteiger partial charge in [0.05, 0.1) is 28.3 Å². The van der Waals surface area contributed by atoms with E-state index in [9.17, 15) is 4.79 Å². The second kappa shape index (κ2) is 7.99. The number of amides is 1. The Kier molecular flexibility index (Phi) is 5.23. The van der Waals surface area contributed by atoms with E-state index < -0.39 is 0 Å². The third-order valence-electron chi connectivity index (χ3n) is 5.13. The van der Waals surface area contributed by atoms with Crippen LogP contribution in [-0.2, 0) is 0 Å². The number of nitrogens with zero attached hydrogens (tertiary/aromatic N) is 3. The summed E-state index contributed by atoms with van der Waals surface area (Å²) in [5.41, 5.74) is 5.41. The zero-order valence-corrected chi connectivity index (χ0v) is 17.6. The van der Waals surface area contributed by atoms with Gasteiger partial charge in [0.2, 0.25) is 0 Å². The number of hydrogen-bond acceptors (Lipinski definition) is 4. The van der Waals surface area contributed by atoms with Crippen molar-refractivity contribution in [3.8, 4) is 11.3 Å². The SMILES string of the molecule is Cc1ccccc1-c1ccc(C(=O)NC(C)c2nc3ccccc3[nH]2)c(N(C)C)n1. The summed E-state index contributed by atoms with van der Waals surface area (Å²) in [4.78, 5) is 27.6. The van der Waals surface area contributed by atoms with Gasteiger partial charge in [-0.2, -0.15) is 0 Å². The van der Waals surface area contributed by atoms with E-state index in [1.807, 2.05) is 80.5 Å². The summed E-state index contributed by atoms with van der Waals surface area (Å²) < 4.78 is 0. The van der Waals surface area contributed by atoms with Gasteiger partial charge < -0.3 is 15.2 Å². The van der Waals surface area contributed by atoms with Gasteiger partial charge in [-0.15, -0.1) is 0 Å². The van der Waals surface area contributed by atoms with Crippen LogP contribution >= 0.6 is 0 Å². The fraction of sp³-hybridized carbons (Fsp3) is 0.208. The smallest absolute Gasteiger partial charge is 0.255 e. The highest BCUT2D eigenvalue weighted by atomic mass is 16.1. The number of aryl methyl sites for hydroxylation is 1. The molecule has 1 amide bonds. The lowest BCUT2D eigenvalue weighted by Gasteiger charge is -2.19. The summed E-state index contributed by atoms with van der Waals surface area (Å²) in [6.07, 6.45) is 0. The zero-order valence-electron chi connectivity index (χ0n) is 17.6. The number of nitrogens with one attached hydrogen (secondary N) is 2. The van der Waals surface area contributed by atoms with Gasteiger partial charge in [-0.25, -0.2) is 9.97 Å². The van der Waals surface area contributed by atoms with Crippen LogP contribution in [0.1, 0.15) is 34.7 Å². The second-order valence-corrected chi connectivity index (χ2v) is 7.61. The molecule has 0 saturated heterocycles. The number of rotatable bonds is 5. The van der Waals surface area contributed by atoms with Gasteiger partial charge in [0, 0.05) is 19.7 Å².